The summed E-state index contributed by atoms with van der Waals surface area (Å²) in [7, 11) is 0. The lowest BCUT2D eigenvalue weighted by atomic mass is 10.1. The van der Waals surface area contributed by atoms with Crippen molar-refractivity contribution in [3.05, 3.63) is 0 Å². The van der Waals surface area contributed by atoms with Crippen LogP contribution in [-0.2, 0) is 14.3 Å². The smallest absolute Gasteiger partial charge is 0.381 e. The molecule has 4 N–H and O–H groups in total. The van der Waals surface area contributed by atoms with E-state index in [4.69, 9.17) is 20.4 Å². The average molecular weight is 164 g/mol. The summed E-state index contributed by atoms with van der Waals surface area (Å²) in [6.45, 7) is 0. The summed E-state index contributed by atoms with van der Waals surface area (Å²) < 4.78 is 3.51. The molecule has 0 amide bonds. The van der Waals surface area contributed by atoms with Crippen LogP contribution in [0.1, 0.15) is 0 Å². The third-order valence-electron chi connectivity index (χ3n) is 1.24. The Kier molecular flexibility index (Phi) is 1.30. The van der Waals surface area contributed by atoms with Crippen molar-refractivity contribution in [2.24, 2.45) is 0 Å². The molecule has 0 saturated carbocycles. The molecule has 0 bridgehead atoms. The van der Waals surface area contributed by atoms with E-state index in [-0.39, 0.29) is 0 Å². The van der Waals surface area contributed by atoms with E-state index in [0.29, 0.717) is 0 Å². The van der Waals surface area contributed by atoms with Crippen LogP contribution in [0.2, 0.25) is 0 Å². The Bertz CT molecular complexity index is 203. The third-order valence-corrected chi connectivity index (χ3v) is 1.24. The molecule has 0 radical (unpaired) electrons. The van der Waals surface area contributed by atoms with E-state index < -0.39 is 23.5 Å². The maximum absolute atomic E-state index is 10.3. The van der Waals surface area contributed by atoms with Crippen molar-refractivity contribution in [1.29, 1.82) is 0 Å². The predicted octanol–water partition coefficient (Wildman–Crippen LogP) is -3.57. The normalized spacial score (nSPS) is 26.9. The van der Waals surface area contributed by atoms with E-state index in [1.54, 1.807) is 0 Å². The Balaban J connectivity index is 3.15. The molecule has 0 aromatic carbocycles. The summed E-state index contributed by atoms with van der Waals surface area (Å²) in [5.74, 6) is -10.8. The maximum Gasteiger partial charge on any atom is 0.381 e. The van der Waals surface area contributed by atoms with Gasteiger partial charge >= 0.3 is 23.5 Å². The zero-order valence-corrected chi connectivity index (χ0v) is 5.01. The summed E-state index contributed by atoms with van der Waals surface area (Å²) in [5.41, 5.74) is 0. The van der Waals surface area contributed by atoms with E-state index in [9.17, 15) is 9.59 Å². The minimum Gasteiger partial charge on any atom is -0.385 e. The Labute approximate surface area is 59.4 Å². The van der Waals surface area contributed by atoms with Crippen LogP contribution in [0.25, 0.3) is 0 Å². The van der Waals surface area contributed by atoms with Gasteiger partial charge in [0, 0.05) is 0 Å². The van der Waals surface area contributed by atoms with Crippen molar-refractivity contribution in [3.8, 4) is 0 Å². The fourth-order valence-electron chi connectivity index (χ4n) is 0.511. The summed E-state index contributed by atoms with van der Waals surface area (Å²) >= 11 is 0. The molecular formula is C4H4O7. The van der Waals surface area contributed by atoms with Crippen LogP contribution < -0.4 is 0 Å². The van der Waals surface area contributed by atoms with E-state index >= 15 is 0 Å². The highest BCUT2D eigenvalue weighted by Gasteiger charge is 2.68. The molecule has 0 unspecified atom stereocenters. The molecule has 0 aromatic heterocycles. The Morgan fingerprint density at radius 3 is 1.27 bits per heavy atom. The van der Waals surface area contributed by atoms with Crippen LogP contribution in [0.3, 0.4) is 0 Å². The molecule has 62 valence electrons. The van der Waals surface area contributed by atoms with Gasteiger partial charge in [-0.25, -0.2) is 9.59 Å². The number of ether oxygens (including phenoxy) is 1. The number of esters is 2. The van der Waals surface area contributed by atoms with Gasteiger partial charge in [-0.05, 0) is 0 Å². The molecule has 0 atom stereocenters. The first kappa shape index (κ1) is 8.08. The molecule has 1 fully saturated rings. The number of cyclic esters (lactones) is 2. The highest BCUT2D eigenvalue weighted by molar-refractivity contribution is 6.02. The highest BCUT2D eigenvalue weighted by atomic mass is 16.7. The van der Waals surface area contributed by atoms with Crippen LogP contribution in [-0.4, -0.2) is 43.9 Å². The van der Waals surface area contributed by atoms with Crippen molar-refractivity contribution >= 4 is 11.9 Å². The van der Waals surface area contributed by atoms with Crippen molar-refractivity contribution in [3.63, 3.8) is 0 Å². The van der Waals surface area contributed by atoms with Gasteiger partial charge in [0.1, 0.15) is 0 Å². The number of hydrogen-bond donors (Lipinski definition) is 4. The number of aliphatic hydroxyl groups is 4. The first-order valence-electron chi connectivity index (χ1n) is 2.46. The van der Waals surface area contributed by atoms with E-state index in [1.165, 1.54) is 0 Å². The topological polar surface area (TPSA) is 124 Å². The average Bonchev–Trinajstić information content (AvgIpc) is 1.95. The molecule has 0 spiro atoms. The largest absolute Gasteiger partial charge is 0.385 e. The summed E-state index contributed by atoms with van der Waals surface area (Å²) in [5, 5.41) is 34.1. The highest BCUT2D eigenvalue weighted by Crippen LogP contribution is 2.26. The zero-order valence-electron chi connectivity index (χ0n) is 5.01. The number of hydrogen-bond acceptors (Lipinski definition) is 7. The van der Waals surface area contributed by atoms with Crippen LogP contribution in [0.15, 0.2) is 0 Å². The van der Waals surface area contributed by atoms with Crippen molar-refractivity contribution < 1.29 is 34.8 Å². The molecule has 1 heterocycles. The molecule has 7 heteroatoms. The second kappa shape index (κ2) is 1.77. The van der Waals surface area contributed by atoms with Crippen LogP contribution in [0.5, 0.6) is 0 Å². The van der Waals surface area contributed by atoms with Crippen LogP contribution in [0, 0.1) is 0 Å². The molecular weight excluding hydrogens is 160 g/mol. The second-order valence-electron chi connectivity index (χ2n) is 2.02. The van der Waals surface area contributed by atoms with Gasteiger partial charge in [0.05, 0.1) is 0 Å². The fourth-order valence-corrected chi connectivity index (χ4v) is 0.511. The van der Waals surface area contributed by atoms with E-state index in [2.05, 4.69) is 4.74 Å². The number of carbonyl (C=O) groups excluding carboxylic acids is 2. The van der Waals surface area contributed by atoms with E-state index in [0.717, 1.165) is 0 Å². The Morgan fingerprint density at radius 2 is 1.18 bits per heavy atom. The summed E-state index contributed by atoms with van der Waals surface area (Å²) in [4.78, 5) is 20.5. The van der Waals surface area contributed by atoms with Gasteiger partial charge in [0.15, 0.2) is 0 Å². The lowest BCUT2D eigenvalue weighted by molar-refractivity contribution is -0.307. The van der Waals surface area contributed by atoms with Crippen LogP contribution in [0.4, 0.5) is 0 Å². The monoisotopic (exact) mass is 164 g/mol. The van der Waals surface area contributed by atoms with Crippen LogP contribution >= 0.6 is 0 Å². The van der Waals surface area contributed by atoms with Gasteiger partial charge in [-0.15, -0.1) is 0 Å². The number of carbonyl (C=O) groups is 2. The standard InChI is InChI=1S/C4H4O7/c5-1-3(7,8)4(9,10)2(6)11-1/h7-10H. The van der Waals surface area contributed by atoms with Gasteiger partial charge in [-0.3, -0.25) is 0 Å². The fraction of sp³-hybridized carbons (Fsp3) is 0.500. The molecule has 0 aromatic rings. The van der Waals surface area contributed by atoms with Crippen molar-refractivity contribution in [2.45, 2.75) is 11.6 Å². The Hall–Kier alpha value is -1.02. The first-order chi connectivity index (χ1) is 4.80. The van der Waals surface area contributed by atoms with Gasteiger partial charge in [0.25, 0.3) is 0 Å². The first-order valence-corrected chi connectivity index (χ1v) is 2.46. The molecule has 1 aliphatic rings. The molecule has 7 nitrogen and oxygen atoms in total. The lowest BCUT2D eigenvalue weighted by Crippen LogP contribution is -2.56. The van der Waals surface area contributed by atoms with Gasteiger partial charge < -0.3 is 25.2 Å². The van der Waals surface area contributed by atoms with Crippen molar-refractivity contribution in [2.75, 3.05) is 0 Å². The molecule has 0 aliphatic carbocycles. The van der Waals surface area contributed by atoms with E-state index in [1.807, 2.05) is 0 Å². The number of rotatable bonds is 0. The quantitative estimate of drug-likeness (QED) is 0.166. The molecule has 1 saturated heterocycles. The maximum atomic E-state index is 10.3. The lowest BCUT2D eigenvalue weighted by Gasteiger charge is -2.19. The minimum atomic E-state index is -3.58. The second-order valence-corrected chi connectivity index (χ2v) is 2.02. The molecule has 11 heavy (non-hydrogen) atoms. The van der Waals surface area contributed by atoms with Crippen molar-refractivity contribution in [1.82, 2.24) is 0 Å². The summed E-state index contributed by atoms with van der Waals surface area (Å²) in [6.07, 6.45) is 0. The van der Waals surface area contributed by atoms with Gasteiger partial charge in [-0.2, -0.15) is 0 Å². The minimum absolute atomic E-state index is 1.81. The third kappa shape index (κ3) is 0.761. The van der Waals surface area contributed by atoms with Gasteiger partial charge in [-0.1, -0.05) is 0 Å². The molecule has 1 rings (SSSR count). The van der Waals surface area contributed by atoms with Gasteiger partial charge in [0.2, 0.25) is 0 Å². The molecule has 1 aliphatic heterocycles. The predicted molar refractivity (Wildman–Crippen MR) is 25.4 cm³/mol. The summed E-state index contributed by atoms with van der Waals surface area (Å²) in [6, 6.07) is 0. The zero-order chi connectivity index (χ0) is 8.86. The SMILES string of the molecule is O=C1OC(=O)C(O)(O)C1(O)O. The Morgan fingerprint density at radius 1 is 0.909 bits per heavy atom.